The van der Waals surface area contributed by atoms with Crippen molar-refractivity contribution in [2.75, 3.05) is 13.2 Å². The molecular weight excluding hydrogens is 520 g/mol. The van der Waals surface area contributed by atoms with Crippen molar-refractivity contribution >= 4 is 36.4 Å². The number of hydrogen-bond acceptors (Lipinski definition) is 3. The molecule has 0 bridgehead atoms. The highest BCUT2D eigenvalue weighted by Crippen LogP contribution is 2.38. The lowest BCUT2D eigenvalue weighted by molar-refractivity contribution is 0.116. The summed E-state index contributed by atoms with van der Waals surface area (Å²) in [5, 5.41) is 12.6. The van der Waals surface area contributed by atoms with Crippen molar-refractivity contribution in [1.29, 1.82) is 0 Å². The number of benzene rings is 3. The molecule has 0 saturated heterocycles. The Hall–Kier alpha value is -2.89. The lowest BCUT2D eigenvalue weighted by atomic mass is 9.97. The van der Waals surface area contributed by atoms with Gasteiger partial charge in [-0.1, -0.05) is 117 Å². The maximum absolute atomic E-state index is 9.62. The van der Waals surface area contributed by atoms with Gasteiger partial charge in [-0.05, 0) is 70.1 Å². The van der Waals surface area contributed by atoms with Crippen LogP contribution in [0.4, 0.5) is 0 Å². The molecule has 0 amide bonds. The normalized spacial score (nSPS) is 16.3. The van der Waals surface area contributed by atoms with Gasteiger partial charge in [0.1, 0.15) is 5.75 Å². The number of halogens is 1. The summed E-state index contributed by atoms with van der Waals surface area (Å²) in [4.78, 5) is 0. The summed E-state index contributed by atoms with van der Waals surface area (Å²) in [6.45, 7) is 14.5. The summed E-state index contributed by atoms with van der Waals surface area (Å²) < 4.78 is 13.2. The van der Waals surface area contributed by atoms with Crippen LogP contribution in [0.3, 0.4) is 0 Å². The lowest BCUT2D eigenvalue weighted by Crippen LogP contribution is -2.66. The number of rotatable bonds is 10. The molecule has 0 radical (unpaired) electrons. The Morgan fingerprint density at radius 3 is 2.23 bits per heavy atom. The number of allylic oxidation sites excluding steroid dienone is 1. The van der Waals surface area contributed by atoms with E-state index in [9.17, 15) is 5.11 Å². The summed E-state index contributed by atoms with van der Waals surface area (Å²) in [5.41, 5.74) is 4.22. The minimum atomic E-state index is -2.64. The molecule has 39 heavy (non-hydrogen) atoms. The van der Waals surface area contributed by atoms with E-state index in [0.717, 1.165) is 29.6 Å². The largest absolute Gasteiger partial charge is 0.508 e. The standard InChI is InChI=1S/C34H39ClO3Si/c1-25(22-27-17-18-28(36)23-32(27)35)16-19-33-31(20-21-37-33)26(2)24-38-39(34(3,4)5,29-12-8-6-9-13-29)30-14-10-7-11-15-30/h6-15,17-18,20,22-23,33,36H,2,16,19,21,24H2,1,3-5H3/b25-22+. The number of phenols is 1. The fourth-order valence-corrected chi connectivity index (χ4v) is 10.2. The number of hydrogen-bond donors (Lipinski definition) is 1. The summed E-state index contributed by atoms with van der Waals surface area (Å²) >= 11 is 6.30. The van der Waals surface area contributed by atoms with Crippen molar-refractivity contribution in [3.8, 4) is 5.75 Å². The van der Waals surface area contributed by atoms with Crippen LogP contribution in [-0.2, 0) is 9.16 Å². The lowest BCUT2D eigenvalue weighted by Gasteiger charge is -2.43. The van der Waals surface area contributed by atoms with Gasteiger partial charge in [0.2, 0.25) is 0 Å². The predicted octanol–water partition coefficient (Wildman–Crippen LogP) is 7.69. The number of ether oxygens (including phenoxy) is 1. The molecule has 0 aliphatic carbocycles. The molecule has 0 aromatic heterocycles. The second kappa shape index (κ2) is 12.5. The van der Waals surface area contributed by atoms with Gasteiger partial charge < -0.3 is 14.3 Å². The maximum Gasteiger partial charge on any atom is 0.261 e. The third kappa shape index (κ3) is 6.64. The molecule has 1 N–H and O–H groups in total. The Morgan fingerprint density at radius 1 is 1.05 bits per heavy atom. The first-order chi connectivity index (χ1) is 18.6. The molecule has 3 aromatic carbocycles. The highest BCUT2D eigenvalue weighted by molar-refractivity contribution is 6.99. The fraction of sp³-hybridized carbons (Fsp3) is 0.294. The fourth-order valence-electron chi connectivity index (χ4n) is 5.46. The van der Waals surface area contributed by atoms with Crippen molar-refractivity contribution < 1.29 is 14.3 Å². The molecule has 1 aliphatic rings. The number of aromatic hydroxyl groups is 1. The number of phenolic OH excluding ortho intramolecular Hbond substituents is 1. The van der Waals surface area contributed by atoms with E-state index in [2.05, 4.69) is 107 Å². The zero-order valence-corrected chi connectivity index (χ0v) is 25.2. The van der Waals surface area contributed by atoms with Gasteiger partial charge in [0, 0.05) is 0 Å². The van der Waals surface area contributed by atoms with E-state index in [1.54, 1.807) is 12.1 Å². The average Bonchev–Trinajstić information content (AvgIpc) is 3.39. The molecule has 0 spiro atoms. The summed E-state index contributed by atoms with van der Waals surface area (Å²) in [5.74, 6) is 0.169. The molecule has 5 heteroatoms. The van der Waals surface area contributed by atoms with Gasteiger partial charge in [0.15, 0.2) is 0 Å². The van der Waals surface area contributed by atoms with E-state index in [1.165, 1.54) is 15.9 Å². The predicted molar refractivity (Wildman–Crippen MR) is 167 cm³/mol. The summed E-state index contributed by atoms with van der Waals surface area (Å²) in [6, 6.07) is 26.5. The van der Waals surface area contributed by atoms with Gasteiger partial charge >= 0.3 is 0 Å². The Balaban J connectivity index is 1.50. The van der Waals surface area contributed by atoms with E-state index in [4.69, 9.17) is 20.8 Å². The monoisotopic (exact) mass is 558 g/mol. The van der Waals surface area contributed by atoms with Crippen LogP contribution in [0.1, 0.15) is 46.1 Å². The summed E-state index contributed by atoms with van der Waals surface area (Å²) in [6.07, 6.45) is 5.92. The minimum Gasteiger partial charge on any atom is -0.508 e. The molecule has 1 atom stereocenters. The van der Waals surface area contributed by atoms with E-state index in [0.29, 0.717) is 18.2 Å². The highest BCUT2D eigenvalue weighted by Gasteiger charge is 2.50. The quantitative estimate of drug-likeness (QED) is 0.259. The second-order valence-corrected chi connectivity index (χ2v) is 16.0. The van der Waals surface area contributed by atoms with Crippen molar-refractivity contribution in [3.63, 3.8) is 0 Å². The third-order valence-electron chi connectivity index (χ3n) is 7.42. The highest BCUT2D eigenvalue weighted by atomic mass is 35.5. The molecule has 1 unspecified atom stereocenters. The minimum absolute atomic E-state index is 0.0149. The average molecular weight is 559 g/mol. The Morgan fingerprint density at radius 2 is 1.67 bits per heavy atom. The van der Waals surface area contributed by atoms with Gasteiger partial charge in [-0.25, -0.2) is 0 Å². The van der Waals surface area contributed by atoms with Gasteiger partial charge in [0.25, 0.3) is 8.32 Å². The smallest absolute Gasteiger partial charge is 0.261 e. The molecular formula is C34H39ClO3Si. The van der Waals surface area contributed by atoms with Crippen LogP contribution in [0, 0.1) is 0 Å². The van der Waals surface area contributed by atoms with Crippen LogP contribution >= 0.6 is 11.6 Å². The first-order valence-corrected chi connectivity index (χ1v) is 15.8. The van der Waals surface area contributed by atoms with Crippen LogP contribution in [0.2, 0.25) is 10.1 Å². The molecule has 1 aliphatic heterocycles. The Bertz CT molecular complexity index is 1300. The van der Waals surface area contributed by atoms with Crippen LogP contribution in [0.5, 0.6) is 5.75 Å². The van der Waals surface area contributed by atoms with Crippen molar-refractivity contribution in [2.24, 2.45) is 0 Å². The Labute approximate surface area is 239 Å². The van der Waals surface area contributed by atoms with Crippen LogP contribution in [-0.4, -0.2) is 32.7 Å². The van der Waals surface area contributed by atoms with E-state index < -0.39 is 8.32 Å². The molecule has 204 valence electrons. The van der Waals surface area contributed by atoms with E-state index >= 15 is 0 Å². The summed E-state index contributed by atoms with van der Waals surface area (Å²) in [7, 11) is -2.64. The maximum atomic E-state index is 9.62. The van der Waals surface area contributed by atoms with Crippen molar-refractivity contribution in [1.82, 2.24) is 0 Å². The molecule has 4 rings (SSSR count). The topological polar surface area (TPSA) is 38.7 Å². The zero-order chi connectivity index (χ0) is 28.0. The third-order valence-corrected chi connectivity index (χ3v) is 12.7. The zero-order valence-electron chi connectivity index (χ0n) is 23.4. The van der Waals surface area contributed by atoms with Gasteiger partial charge in [0.05, 0.1) is 24.3 Å². The molecule has 0 fully saturated rings. The Kier molecular flexibility index (Phi) is 9.34. The SMILES string of the molecule is C=C(CO[Si](c1ccccc1)(c1ccccc1)C(C)(C)C)C1=CCOC1CC/C(C)=C/c1ccc(O)cc1Cl. The van der Waals surface area contributed by atoms with Gasteiger partial charge in [-0.2, -0.15) is 0 Å². The van der Waals surface area contributed by atoms with Crippen molar-refractivity contribution in [2.45, 2.75) is 51.7 Å². The molecule has 3 aromatic rings. The second-order valence-electron chi connectivity index (χ2n) is 11.3. The molecule has 0 saturated carbocycles. The van der Waals surface area contributed by atoms with Crippen LogP contribution in [0.15, 0.2) is 108 Å². The molecule has 1 heterocycles. The van der Waals surface area contributed by atoms with Crippen LogP contribution < -0.4 is 10.4 Å². The van der Waals surface area contributed by atoms with Crippen LogP contribution in [0.25, 0.3) is 6.08 Å². The first-order valence-electron chi connectivity index (χ1n) is 13.5. The van der Waals surface area contributed by atoms with Crippen molar-refractivity contribution in [3.05, 3.63) is 119 Å². The van der Waals surface area contributed by atoms with E-state index in [1.807, 2.05) is 6.07 Å². The van der Waals surface area contributed by atoms with Gasteiger partial charge in [-0.15, -0.1) is 0 Å². The van der Waals surface area contributed by atoms with E-state index in [-0.39, 0.29) is 16.9 Å². The van der Waals surface area contributed by atoms with Gasteiger partial charge in [-0.3, -0.25) is 0 Å². The first kappa shape index (κ1) is 29.1. The molecule has 3 nitrogen and oxygen atoms in total.